The molecule has 4 nitrogen and oxygen atoms in total. The molecule has 0 aliphatic rings. The van der Waals surface area contributed by atoms with Crippen LogP contribution in [0.25, 0.3) is 0 Å². The second kappa shape index (κ2) is 4.99. The second-order valence-corrected chi connectivity index (χ2v) is 3.21. The number of rotatable bonds is 5. The van der Waals surface area contributed by atoms with Crippen LogP contribution >= 0.6 is 0 Å². The molecule has 1 atom stereocenters. The molecular weight excluding hydrogens is 166 g/mol. The molecule has 1 rings (SSSR count). The fourth-order valence-electron chi connectivity index (χ4n) is 1.14. The molecule has 1 aromatic rings. The third-order valence-corrected chi connectivity index (χ3v) is 2.04. The third kappa shape index (κ3) is 3.16. The van der Waals surface area contributed by atoms with Gasteiger partial charge in [0.15, 0.2) is 0 Å². The topological polar surface area (TPSA) is 50.1 Å². The van der Waals surface area contributed by atoms with Gasteiger partial charge >= 0.3 is 0 Å². The van der Waals surface area contributed by atoms with Crippen LogP contribution in [0.2, 0.25) is 0 Å². The van der Waals surface area contributed by atoms with Crippen LogP contribution in [-0.2, 0) is 6.54 Å². The van der Waals surface area contributed by atoms with Crippen LogP contribution in [0, 0.1) is 6.92 Å². The Morgan fingerprint density at radius 1 is 1.69 bits per heavy atom. The molecule has 0 aliphatic heterocycles. The van der Waals surface area contributed by atoms with E-state index in [1.54, 1.807) is 6.20 Å². The quantitative estimate of drug-likeness (QED) is 0.684. The molecule has 74 valence electrons. The van der Waals surface area contributed by atoms with Gasteiger partial charge in [0, 0.05) is 31.5 Å². The first kappa shape index (κ1) is 10.2. The molecule has 0 bridgehead atoms. The van der Waals surface area contributed by atoms with Gasteiger partial charge in [-0.25, -0.2) is 4.98 Å². The maximum atomic E-state index is 8.76. The van der Waals surface area contributed by atoms with Crippen LogP contribution in [0.4, 0.5) is 0 Å². The van der Waals surface area contributed by atoms with Gasteiger partial charge in [-0.2, -0.15) is 0 Å². The van der Waals surface area contributed by atoms with E-state index in [1.165, 1.54) is 0 Å². The minimum Gasteiger partial charge on any atom is -0.395 e. The molecule has 1 heterocycles. The first-order chi connectivity index (χ1) is 6.24. The number of imidazole rings is 1. The predicted octanol–water partition coefficient (Wildman–Crippen LogP) is 0.162. The number of aryl methyl sites for hydroxylation is 1. The summed E-state index contributed by atoms with van der Waals surface area (Å²) in [6, 6.07) is 0.170. The summed E-state index contributed by atoms with van der Waals surface area (Å²) in [5.74, 6) is 1.03. The summed E-state index contributed by atoms with van der Waals surface area (Å²) < 4.78 is 2.08. The van der Waals surface area contributed by atoms with Crippen LogP contribution in [0.15, 0.2) is 12.4 Å². The smallest absolute Gasteiger partial charge is 0.105 e. The van der Waals surface area contributed by atoms with E-state index in [4.69, 9.17) is 5.11 Å². The van der Waals surface area contributed by atoms with Gasteiger partial charge in [0.25, 0.3) is 0 Å². The first-order valence-electron chi connectivity index (χ1n) is 4.56. The number of hydrogen-bond donors (Lipinski definition) is 2. The van der Waals surface area contributed by atoms with Gasteiger partial charge in [0.1, 0.15) is 5.82 Å². The largest absolute Gasteiger partial charge is 0.395 e. The Morgan fingerprint density at radius 3 is 3.00 bits per heavy atom. The summed E-state index contributed by atoms with van der Waals surface area (Å²) in [5, 5.41) is 12.0. The molecular formula is C9H17N3O. The maximum Gasteiger partial charge on any atom is 0.105 e. The summed E-state index contributed by atoms with van der Waals surface area (Å²) in [4.78, 5) is 4.12. The Balaban J connectivity index is 2.24. The molecule has 0 radical (unpaired) electrons. The standard InChI is InChI=1S/C9H17N3O/c1-8(7-13)10-3-5-12-6-4-11-9(12)2/h4,6,8,10,13H,3,5,7H2,1-2H3. The van der Waals surface area contributed by atoms with Gasteiger partial charge in [-0.3, -0.25) is 0 Å². The minimum atomic E-state index is 0.170. The number of aromatic nitrogens is 2. The number of nitrogens with one attached hydrogen (secondary N) is 1. The van der Waals surface area contributed by atoms with Gasteiger partial charge in [0.2, 0.25) is 0 Å². The Morgan fingerprint density at radius 2 is 2.46 bits per heavy atom. The maximum absolute atomic E-state index is 8.76. The molecule has 0 amide bonds. The minimum absolute atomic E-state index is 0.170. The molecule has 1 unspecified atom stereocenters. The summed E-state index contributed by atoms with van der Waals surface area (Å²) in [6.07, 6.45) is 3.76. The Labute approximate surface area is 78.6 Å². The van der Waals surface area contributed by atoms with Crippen LogP contribution in [0.3, 0.4) is 0 Å². The number of aliphatic hydroxyl groups is 1. The predicted molar refractivity (Wildman–Crippen MR) is 51.5 cm³/mol. The van der Waals surface area contributed by atoms with Crippen molar-refractivity contribution >= 4 is 0 Å². The van der Waals surface area contributed by atoms with Gasteiger partial charge in [-0.15, -0.1) is 0 Å². The Kier molecular flexibility index (Phi) is 3.92. The zero-order valence-electron chi connectivity index (χ0n) is 8.20. The van der Waals surface area contributed by atoms with E-state index in [9.17, 15) is 0 Å². The lowest BCUT2D eigenvalue weighted by molar-refractivity contribution is 0.250. The summed E-state index contributed by atoms with van der Waals surface area (Å²) in [6.45, 7) is 5.88. The van der Waals surface area contributed by atoms with Crippen molar-refractivity contribution in [3.63, 3.8) is 0 Å². The fourth-order valence-corrected chi connectivity index (χ4v) is 1.14. The normalized spacial score (nSPS) is 13.2. The highest BCUT2D eigenvalue weighted by molar-refractivity contribution is 4.88. The lowest BCUT2D eigenvalue weighted by atomic mass is 10.3. The average Bonchev–Trinajstić information content (AvgIpc) is 2.52. The van der Waals surface area contributed by atoms with E-state index in [2.05, 4.69) is 14.9 Å². The van der Waals surface area contributed by atoms with E-state index in [0.717, 1.165) is 18.9 Å². The van der Waals surface area contributed by atoms with Crippen LogP contribution in [0.1, 0.15) is 12.7 Å². The number of hydrogen-bond acceptors (Lipinski definition) is 3. The first-order valence-corrected chi connectivity index (χ1v) is 4.56. The summed E-state index contributed by atoms with van der Waals surface area (Å²) in [7, 11) is 0. The Bertz CT molecular complexity index is 247. The van der Waals surface area contributed by atoms with Crippen molar-refractivity contribution in [2.75, 3.05) is 13.2 Å². The average molecular weight is 183 g/mol. The van der Waals surface area contributed by atoms with Gasteiger partial charge < -0.3 is 15.0 Å². The van der Waals surface area contributed by atoms with Crippen LogP contribution in [0.5, 0.6) is 0 Å². The van der Waals surface area contributed by atoms with Crippen LogP contribution < -0.4 is 5.32 Å². The molecule has 13 heavy (non-hydrogen) atoms. The second-order valence-electron chi connectivity index (χ2n) is 3.21. The van der Waals surface area contributed by atoms with Crippen molar-refractivity contribution in [2.45, 2.75) is 26.4 Å². The molecule has 0 fully saturated rings. The molecule has 2 N–H and O–H groups in total. The van der Waals surface area contributed by atoms with Gasteiger partial charge in [-0.1, -0.05) is 0 Å². The molecule has 0 aliphatic carbocycles. The fraction of sp³-hybridized carbons (Fsp3) is 0.667. The molecule has 1 aromatic heterocycles. The van der Waals surface area contributed by atoms with Crippen molar-refractivity contribution in [2.24, 2.45) is 0 Å². The lowest BCUT2D eigenvalue weighted by Gasteiger charge is -2.11. The summed E-state index contributed by atoms with van der Waals surface area (Å²) >= 11 is 0. The van der Waals surface area contributed by atoms with Crippen molar-refractivity contribution in [1.29, 1.82) is 0 Å². The SMILES string of the molecule is Cc1nccn1CCNC(C)CO. The van der Waals surface area contributed by atoms with Gasteiger partial charge in [0.05, 0.1) is 6.61 Å². The number of aliphatic hydroxyl groups excluding tert-OH is 1. The number of nitrogens with zero attached hydrogens (tertiary/aromatic N) is 2. The molecule has 0 aromatic carbocycles. The van der Waals surface area contributed by atoms with Crippen molar-refractivity contribution < 1.29 is 5.11 Å². The monoisotopic (exact) mass is 183 g/mol. The van der Waals surface area contributed by atoms with Crippen molar-refractivity contribution in [3.8, 4) is 0 Å². The van der Waals surface area contributed by atoms with Crippen LogP contribution in [-0.4, -0.2) is 33.9 Å². The Hall–Kier alpha value is -0.870. The lowest BCUT2D eigenvalue weighted by Crippen LogP contribution is -2.32. The highest BCUT2D eigenvalue weighted by atomic mass is 16.3. The van der Waals surface area contributed by atoms with E-state index in [0.29, 0.717) is 0 Å². The third-order valence-electron chi connectivity index (χ3n) is 2.04. The molecule has 4 heteroatoms. The molecule has 0 saturated carbocycles. The zero-order chi connectivity index (χ0) is 9.68. The zero-order valence-corrected chi connectivity index (χ0v) is 8.20. The van der Waals surface area contributed by atoms with Crippen molar-refractivity contribution in [1.82, 2.24) is 14.9 Å². The molecule has 0 saturated heterocycles. The molecule has 0 spiro atoms. The van der Waals surface area contributed by atoms with E-state index < -0.39 is 0 Å². The summed E-state index contributed by atoms with van der Waals surface area (Å²) in [5.41, 5.74) is 0. The van der Waals surface area contributed by atoms with Gasteiger partial charge in [-0.05, 0) is 13.8 Å². The van der Waals surface area contributed by atoms with Crippen molar-refractivity contribution in [3.05, 3.63) is 18.2 Å². The van der Waals surface area contributed by atoms with E-state index in [1.807, 2.05) is 20.0 Å². The highest BCUT2D eigenvalue weighted by Crippen LogP contribution is 1.93. The highest BCUT2D eigenvalue weighted by Gasteiger charge is 1.99. The van der Waals surface area contributed by atoms with E-state index in [-0.39, 0.29) is 12.6 Å². The van der Waals surface area contributed by atoms with E-state index >= 15 is 0 Å².